The maximum absolute atomic E-state index is 13.1. The Kier molecular flexibility index (Phi) is 9.25. The topological polar surface area (TPSA) is 0 Å². The molecule has 0 heterocycles. The van der Waals surface area contributed by atoms with Crippen LogP contribution in [0.15, 0.2) is 48.5 Å². The molecular formula is C28H39F. The van der Waals surface area contributed by atoms with E-state index >= 15 is 0 Å². The van der Waals surface area contributed by atoms with Crippen molar-refractivity contribution in [2.75, 3.05) is 0 Å². The normalized spacial score (nSPS) is 19.4. The van der Waals surface area contributed by atoms with E-state index in [4.69, 9.17) is 0 Å². The maximum Gasteiger partial charge on any atom is 0.123 e. The van der Waals surface area contributed by atoms with E-state index in [2.05, 4.69) is 31.2 Å². The zero-order valence-corrected chi connectivity index (χ0v) is 18.3. The van der Waals surface area contributed by atoms with Crippen molar-refractivity contribution in [3.05, 3.63) is 59.9 Å². The first-order valence-corrected chi connectivity index (χ1v) is 12.1. The van der Waals surface area contributed by atoms with Crippen LogP contribution in [0.5, 0.6) is 0 Å². The molecule has 29 heavy (non-hydrogen) atoms. The van der Waals surface area contributed by atoms with E-state index in [1.165, 1.54) is 107 Å². The molecule has 0 spiro atoms. The van der Waals surface area contributed by atoms with Crippen molar-refractivity contribution in [3.63, 3.8) is 0 Å². The Bertz CT molecular complexity index is 677. The summed E-state index contributed by atoms with van der Waals surface area (Å²) < 4.78 is 13.1. The first-order chi connectivity index (χ1) is 14.3. The summed E-state index contributed by atoms with van der Waals surface area (Å²) in [5.74, 6) is 1.52. The van der Waals surface area contributed by atoms with Gasteiger partial charge in [0.1, 0.15) is 5.82 Å². The van der Waals surface area contributed by atoms with Crippen molar-refractivity contribution in [1.82, 2.24) is 0 Å². The van der Waals surface area contributed by atoms with Gasteiger partial charge in [-0.3, -0.25) is 0 Å². The molecule has 1 saturated carbocycles. The molecule has 0 saturated heterocycles. The highest BCUT2D eigenvalue weighted by Gasteiger charge is 2.22. The third kappa shape index (κ3) is 7.28. The fraction of sp³-hybridized carbons (Fsp3) is 0.571. The van der Waals surface area contributed by atoms with Crippen molar-refractivity contribution in [1.29, 1.82) is 0 Å². The number of hydrogen-bond donors (Lipinski definition) is 0. The lowest BCUT2D eigenvalue weighted by Crippen LogP contribution is -2.13. The molecule has 1 aliphatic carbocycles. The summed E-state index contributed by atoms with van der Waals surface area (Å²) in [4.78, 5) is 0. The van der Waals surface area contributed by atoms with E-state index in [0.717, 1.165) is 17.4 Å². The lowest BCUT2D eigenvalue weighted by molar-refractivity contribution is 0.302. The lowest BCUT2D eigenvalue weighted by Gasteiger charge is -2.29. The second-order valence-corrected chi connectivity index (χ2v) is 9.11. The van der Waals surface area contributed by atoms with Gasteiger partial charge in [0.15, 0.2) is 0 Å². The molecule has 0 aromatic heterocycles. The van der Waals surface area contributed by atoms with E-state index < -0.39 is 0 Å². The molecule has 0 radical (unpaired) electrons. The molecule has 0 amide bonds. The van der Waals surface area contributed by atoms with Crippen molar-refractivity contribution in [2.45, 2.75) is 96.3 Å². The first kappa shape index (κ1) is 22.1. The predicted octanol–water partition coefficient (Wildman–Crippen LogP) is 9.30. The average Bonchev–Trinajstić information content (AvgIpc) is 2.77. The third-order valence-corrected chi connectivity index (χ3v) is 6.87. The molecule has 0 aliphatic heterocycles. The van der Waals surface area contributed by atoms with Gasteiger partial charge in [-0.1, -0.05) is 101 Å². The van der Waals surface area contributed by atoms with Gasteiger partial charge >= 0.3 is 0 Å². The van der Waals surface area contributed by atoms with Crippen LogP contribution < -0.4 is 0 Å². The minimum atomic E-state index is -0.172. The molecule has 0 unspecified atom stereocenters. The van der Waals surface area contributed by atoms with Crippen LogP contribution in [0, 0.1) is 11.7 Å². The van der Waals surface area contributed by atoms with Gasteiger partial charge in [0, 0.05) is 0 Å². The van der Waals surface area contributed by atoms with Crippen LogP contribution in [-0.2, 0) is 0 Å². The van der Waals surface area contributed by atoms with Gasteiger partial charge in [-0.25, -0.2) is 4.39 Å². The number of hydrogen-bond acceptors (Lipinski definition) is 0. The number of benzene rings is 2. The summed E-state index contributed by atoms with van der Waals surface area (Å²) in [5, 5.41) is 0. The fourth-order valence-electron chi connectivity index (χ4n) is 4.94. The zero-order chi connectivity index (χ0) is 20.3. The third-order valence-electron chi connectivity index (χ3n) is 6.87. The Balaban J connectivity index is 1.34. The van der Waals surface area contributed by atoms with Crippen LogP contribution in [0.25, 0.3) is 11.1 Å². The van der Waals surface area contributed by atoms with Gasteiger partial charge < -0.3 is 0 Å². The standard InChI is InChI=1S/C28H39F/c1-2-3-4-5-6-7-8-9-10-23-11-13-24(14-12-23)25-15-17-26(18-16-25)27-19-21-28(29)22-20-27/h15-24H,2-14H2,1H3. The van der Waals surface area contributed by atoms with Crippen LogP contribution in [0.4, 0.5) is 4.39 Å². The van der Waals surface area contributed by atoms with Gasteiger partial charge in [-0.2, -0.15) is 0 Å². The zero-order valence-electron chi connectivity index (χ0n) is 18.3. The lowest BCUT2D eigenvalue weighted by atomic mass is 9.77. The van der Waals surface area contributed by atoms with Crippen LogP contribution in [0.3, 0.4) is 0 Å². The highest BCUT2D eigenvalue weighted by molar-refractivity contribution is 5.63. The minimum Gasteiger partial charge on any atom is -0.207 e. The Labute approximate surface area is 177 Å². The van der Waals surface area contributed by atoms with E-state index in [1.54, 1.807) is 0 Å². The van der Waals surface area contributed by atoms with Crippen molar-refractivity contribution in [3.8, 4) is 11.1 Å². The van der Waals surface area contributed by atoms with Gasteiger partial charge in [0.25, 0.3) is 0 Å². The van der Waals surface area contributed by atoms with E-state index in [1.807, 2.05) is 12.1 Å². The molecule has 0 bridgehead atoms. The van der Waals surface area contributed by atoms with Gasteiger partial charge in [-0.15, -0.1) is 0 Å². The largest absolute Gasteiger partial charge is 0.207 e. The number of rotatable bonds is 11. The van der Waals surface area contributed by atoms with Crippen molar-refractivity contribution >= 4 is 0 Å². The summed E-state index contributed by atoms with van der Waals surface area (Å²) in [7, 11) is 0. The molecule has 1 aliphatic rings. The quantitative estimate of drug-likeness (QED) is 0.333. The molecule has 2 aromatic carbocycles. The highest BCUT2D eigenvalue weighted by Crippen LogP contribution is 2.38. The Hall–Kier alpha value is -1.63. The molecule has 158 valence electrons. The molecule has 0 atom stereocenters. The fourth-order valence-corrected chi connectivity index (χ4v) is 4.94. The SMILES string of the molecule is CCCCCCCCCCC1CCC(c2ccc(-c3ccc(F)cc3)cc2)CC1. The number of halogens is 1. The van der Waals surface area contributed by atoms with Gasteiger partial charge in [0.05, 0.1) is 0 Å². The second-order valence-electron chi connectivity index (χ2n) is 9.11. The maximum atomic E-state index is 13.1. The van der Waals surface area contributed by atoms with Crippen LogP contribution in [0.1, 0.15) is 102 Å². The molecule has 1 heteroatoms. The molecule has 0 nitrogen and oxygen atoms in total. The minimum absolute atomic E-state index is 0.172. The molecule has 1 fully saturated rings. The summed E-state index contributed by atoms with van der Waals surface area (Å²) in [5.41, 5.74) is 3.76. The molecular weight excluding hydrogens is 355 g/mol. The van der Waals surface area contributed by atoms with E-state index in [-0.39, 0.29) is 5.82 Å². The summed E-state index contributed by atoms with van der Waals surface area (Å²) in [6.45, 7) is 2.29. The van der Waals surface area contributed by atoms with E-state index in [9.17, 15) is 4.39 Å². The number of unbranched alkanes of at least 4 members (excludes halogenated alkanes) is 7. The van der Waals surface area contributed by atoms with E-state index in [0.29, 0.717) is 0 Å². The summed E-state index contributed by atoms with van der Waals surface area (Å²) in [6, 6.07) is 15.8. The molecule has 3 rings (SSSR count). The molecule has 0 N–H and O–H groups in total. The first-order valence-electron chi connectivity index (χ1n) is 12.1. The average molecular weight is 395 g/mol. The van der Waals surface area contributed by atoms with Crippen LogP contribution >= 0.6 is 0 Å². The smallest absolute Gasteiger partial charge is 0.123 e. The Morgan fingerprint density at radius 2 is 1.17 bits per heavy atom. The van der Waals surface area contributed by atoms with Gasteiger partial charge in [-0.05, 0) is 66.3 Å². The molecule has 2 aromatic rings. The summed E-state index contributed by atoms with van der Waals surface area (Å²) in [6.07, 6.45) is 18.4. The van der Waals surface area contributed by atoms with Crippen molar-refractivity contribution < 1.29 is 4.39 Å². The monoisotopic (exact) mass is 394 g/mol. The Morgan fingerprint density at radius 1 is 0.655 bits per heavy atom. The highest BCUT2D eigenvalue weighted by atomic mass is 19.1. The van der Waals surface area contributed by atoms with Crippen LogP contribution in [0.2, 0.25) is 0 Å². The van der Waals surface area contributed by atoms with Crippen LogP contribution in [-0.4, -0.2) is 0 Å². The summed E-state index contributed by atoms with van der Waals surface area (Å²) >= 11 is 0. The predicted molar refractivity (Wildman–Crippen MR) is 124 cm³/mol. The second kappa shape index (κ2) is 12.2. The Morgan fingerprint density at radius 3 is 1.76 bits per heavy atom. The van der Waals surface area contributed by atoms with Gasteiger partial charge in [0.2, 0.25) is 0 Å². The van der Waals surface area contributed by atoms with Crippen molar-refractivity contribution in [2.24, 2.45) is 5.92 Å².